The van der Waals surface area contributed by atoms with Crippen LogP contribution in [0.3, 0.4) is 0 Å². The third-order valence-electron chi connectivity index (χ3n) is 0.650. The molecule has 0 aliphatic heterocycles. The molecule has 0 aliphatic rings. The molecule has 0 aromatic carbocycles. The normalized spacial score (nSPS) is 9.62. The Balaban J connectivity index is 3.11. The van der Waals surface area contributed by atoms with Gasteiger partial charge < -0.3 is 4.42 Å². The van der Waals surface area contributed by atoms with Crippen LogP contribution in [0.4, 0.5) is 3.89 Å². The molecule has 1 N–H and O–H groups in total. The summed E-state index contributed by atoms with van der Waals surface area (Å²) >= 11 is -0.0625. The van der Waals surface area contributed by atoms with E-state index in [-0.39, 0.29) is 18.0 Å². The van der Waals surface area contributed by atoms with Crippen molar-refractivity contribution in [2.75, 3.05) is 0 Å². The average Bonchev–Trinajstić information content (AvgIpc) is 2.14. The first-order chi connectivity index (χ1) is 3.84. The van der Waals surface area contributed by atoms with Crippen molar-refractivity contribution in [2.45, 2.75) is 0 Å². The van der Waals surface area contributed by atoms with Gasteiger partial charge in [-0.05, 0) is 0 Å². The maximum atomic E-state index is 11.5. The van der Waals surface area contributed by atoms with E-state index in [1.807, 2.05) is 0 Å². The van der Waals surface area contributed by atoms with E-state index in [9.17, 15) is 3.89 Å². The lowest BCUT2D eigenvalue weighted by Crippen LogP contribution is -2.04. The lowest BCUT2D eigenvalue weighted by Gasteiger charge is -1.81. The van der Waals surface area contributed by atoms with E-state index in [1.165, 1.54) is 12.5 Å². The first kappa shape index (κ1) is 5.43. The van der Waals surface area contributed by atoms with Gasteiger partial charge in [0.15, 0.2) is 12.3 Å². The molecule has 0 aliphatic carbocycles. The quantitative estimate of drug-likeness (QED) is 0.621. The molecule has 0 atom stereocenters. The number of halogens is 1. The second-order valence-electron chi connectivity index (χ2n) is 1.10. The van der Waals surface area contributed by atoms with Gasteiger partial charge in [-0.3, -0.25) is 0 Å². The van der Waals surface area contributed by atoms with Gasteiger partial charge in [0.05, 0.1) is 6.20 Å². The zero-order valence-corrected chi connectivity index (χ0v) is 4.61. The highest BCUT2D eigenvalue weighted by molar-refractivity contribution is 7.92. The van der Waals surface area contributed by atoms with Crippen molar-refractivity contribution >= 4 is 12.3 Å². The molecule has 0 unspecified atom stereocenters. The number of aromatic nitrogens is 1. The molecule has 0 radical (unpaired) electrons. The topological polar surface area (TPSA) is 41.9 Å². The minimum absolute atomic E-state index is 0.0625. The summed E-state index contributed by atoms with van der Waals surface area (Å²) in [6, 6.07) is 0. The molecule has 44 valence electrons. The molecule has 5 heteroatoms. The number of oxazole rings is 1. The summed E-state index contributed by atoms with van der Waals surface area (Å²) in [5, 5.41) is 6.79. The Kier molecular flexibility index (Phi) is 1.38. The molecule has 8 heavy (non-hydrogen) atoms. The summed E-state index contributed by atoms with van der Waals surface area (Å²) in [4.78, 5) is 0. The number of nitrogens with one attached hydrogen (secondary N) is 1. The first-order valence-electron chi connectivity index (χ1n) is 1.84. The van der Waals surface area contributed by atoms with E-state index in [0.29, 0.717) is 0 Å². The van der Waals surface area contributed by atoms with Gasteiger partial charge in [0.2, 0.25) is 0 Å². The van der Waals surface area contributed by atoms with Crippen molar-refractivity contribution < 1.29 is 8.30 Å². The van der Waals surface area contributed by atoms with Crippen LogP contribution in [-0.4, -0.2) is 3.97 Å². The van der Waals surface area contributed by atoms with Crippen molar-refractivity contribution in [2.24, 2.45) is 0 Å². The van der Waals surface area contributed by atoms with E-state index < -0.39 is 0 Å². The summed E-state index contributed by atoms with van der Waals surface area (Å²) in [5.74, 6) is 0. The van der Waals surface area contributed by atoms with Gasteiger partial charge in [0, 0.05) is 0 Å². The summed E-state index contributed by atoms with van der Waals surface area (Å²) in [6.45, 7) is 0. The Morgan fingerprint density at radius 2 is 2.62 bits per heavy atom. The monoisotopic (exact) mass is 134 g/mol. The third-order valence-corrected chi connectivity index (χ3v) is 1.09. The predicted octanol–water partition coefficient (Wildman–Crippen LogP) is 0.941. The molecule has 0 bridgehead atoms. The molecule has 1 heterocycles. The van der Waals surface area contributed by atoms with Crippen LogP contribution in [0, 0.1) is 5.41 Å². The Morgan fingerprint density at radius 1 is 1.88 bits per heavy atom. The Morgan fingerprint density at radius 3 is 2.88 bits per heavy atom. The van der Waals surface area contributed by atoms with E-state index in [4.69, 9.17) is 5.41 Å². The van der Waals surface area contributed by atoms with Crippen LogP contribution >= 0.6 is 12.3 Å². The van der Waals surface area contributed by atoms with Crippen LogP contribution in [0.5, 0.6) is 0 Å². The van der Waals surface area contributed by atoms with E-state index in [1.54, 1.807) is 0 Å². The average molecular weight is 134 g/mol. The third kappa shape index (κ3) is 0.764. The van der Waals surface area contributed by atoms with Gasteiger partial charge in [-0.15, -0.1) is 3.89 Å². The van der Waals surface area contributed by atoms with Gasteiger partial charge in [-0.2, -0.15) is 0 Å². The highest BCUT2D eigenvalue weighted by Gasteiger charge is 1.90. The number of hydrogen-bond acceptors (Lipinski definition) is 3. The van der Waals surface area contributed by atoms with Crippen molar-refractivity contribution in [3.05, 3.63) is 18.1 Å². The zero-order chi connectivity index (χ0) is 5.98. The van der Waals surface area contributed by atoms with E-state index in [2.05, 4.69) is 4.42 Å². The minimum atomic E-state index is -0.197. The predicted molar refractivity (Wildman–Crippen MR) is 26.6 cm³/mol. The fourth-order valence-electron chi connectivity index (χ4n) is 0.324. The Bertz CT molecular complexity index is 217. The second kappa shape index (κ2) is 2.04. The lowest BCUT2D eigenvalue weighted by atomic mass is 11.0. The fraction of sp³-hybridized carbons (Fsp3) is 0. The summed E-state index contributed by atoms with van der Waals surface area (Å²) in [7, 11) is 0. The van der Waals surface area contributed by atoms with Crippen molar-refractivity contribution in [3.8, 4) is 0 Å². The number of rotatable bonds is 1. The molecule has 1 aromatic rings. The van der Waals surface area contributed by atoms with Gasteiger partial charge in [-0.25, -0.2) is 9.38 Å². The zero-order valence-electron chi connectivity index (χ0n) is 3.80. The molecular formula is C3H3FN2OS. The minimum Gasteiger partial charge on any atom is -0.432 e. The molecule has 0 saturated heterocycles. The van der Waals surface area contributed by atoms with Crippen LogP contribution in [0.1, 0.15) is 0 Å². The van der Waals surface area contributed by atoms with E-state index >= 15 is 0 Å². The lowest BCUT2D eigenvalue weighted by molar-refractivity contribution is 0.483. The number of hydrogen-bond donors (Lipinski definition) is 1. The molecule has 0 amide bonds. The van der Waals surface area contributed by atoms with Gasteiger partial charge in [-0.1, -0.05) is 0 Å². The number of nitrogens with zero attached hydrogens (tertiary/aromatic N) is 1. The summed E-state index contributed by atoms with van der Waals surface area (Å²) in [6.07, 6.45) is 2.57. The second-order valence-corrected chi connectivity index (χ2v) is 1.63. The molecule has 3 nitrogen and oxygen atoms in total. The molecule has 0 saturated carbocycles. The molecule has 1 rings (SSSR count). The van der Waals surface area contributed by atoms with Crippen LogP contribution in [0.25, 0.3) is 0 Å². The standard InChI is InChI=1S/C3H3FN2OS/c4-8-6-1-2-7-3(6)5/h1-2,5H. The van der Waals surface area contributed by atoms with Crippen LogP contribution in [-0.2, 0) is 0 Å². The highest BCUT2D eigenvalue weighted by Crippen LogP contribution is 2.00. The van der Waals surface area contributed by atoms with E-state index in [0.717, 1.165) is 3.97 Å². The summed E-state index contributed by atoms with van der Waals surface area (Å²) < 4.78 is 16.9. The first-order valence-corrected chi connectivity index (χ1v) is 2.52. The van der Waals surface area contributed by atoms with Crippen LogP contribution in [0.15, 0.2) is 16.9 Å². The maximum absolute atomic E-state index is 11.5. The van der Waals surface area contributed by atoms with Crippen molar-refractivity contribution in [1.29, 1.82) is 5.41 Å². The van der Waals surface area contributed by atoms with Crippen molar-refractivity contribution in [3.63, 3.8) is 0 Å². The Labute approximate surface area is 49.1 Å². The van der Waals surface area contributed by atoms with Gasteiger partial charge in [0.25, 0.3) is 0 Å². The largest absolute Gasteiger partial charge is 0.432 e. The van der Waals surface area contributed by atoms with Crippen molar-refractivity contribution in [1.82, 2.24) is 3.97 Å². The molecule has 1 aromatic heterocycles. The van der Waals surface area contributed by atoms with Gasteiger partial charge in [0.1, 0.15) is 6.26 Å². The SMILES string of the molecule is N=c1occn1SF. The summed E-state index contributed by atoms with van der Waals surface area (Å²) in [5.41, 5.74) is -0.197. The van der Waals surface area contributed by atoms with Gasteiger partial charge >= 0.3 is 5.68 Å². The fourth-order valence-corrected chi connectivity index (χ4v) is 0.526. The molecule has 0 fully saturated rings. The Hall–Kier alpha value is -0.710. The maximum Gasteiger partial charge on any atom is 0.306 e. The molecular weight excluding hydrogens is 131 g/mol. The highest BCUT2D eigenvalue weighted by atomic mass is 32.2. The van der Waals surface area contributed by atoms with Crippen LogP contribution in [0.2, 0.25) is 0 Å². The molecule has 0 spiro atoms. The van der Waals surface area contributed by atoms with Crippen LogP contribution < -0.4 is 5.68 Å². The smallest absolute Gasteiger partial charge is 0.306 e.